The van der Waals surface area contributed by atoms with Crippen LogP contribution in [0.4, 0.5) is 10.1 Å². The minimum atomic E-state index is -0.632. The summed E-state index contributed by atoms with van der Waals surface area (Å²) in [6, 6.07) is 14.9. The molecule has 4 nitrogen and oxygen atoms in total. The predicted molar refractivity (Wildman–Crippen MR) is 116 cm³/mol. The molecule has 0 amide bonds. The highest BCUT2D eigenvalue weighted by atomic mass is 19.1. The van der Waals surface area contributed by atoms with E-state index in [1.807, 2.05) is 32.0 Å². The lowest BCUT2D eigenvalue weighted by molar-refractivity contribution is -0.0275. The van der Waals surface area contributed by atoms with Crippen LogP contribution in [0.15, 0.2) is 48.5 Å². The number of piperidine rings is 1. The quantitative estimate of drug-likeness (QED) is 0.709. The monoisotopic (exact) mass is 400 g/mol. The summed E-state index contributed by atoms with van der Waals surface area (Å²) in [5.41, 5.74) is 1.47. The Balaban J connectivity index is 1.46. The Bertz CT molecular complexity index is 771. The molecule has 3 rings (SSSR count). The van der Waals surface area contributed by atoms with Gasteiger partial charge < -0.3 is 14.7 Å². The average molecular weight is 401 g/mol. The molecular formula is C24H33FN2O2. The van der Waals surface area contributed by atoms with Crippen molar-refractivity contribution in [1.29, 1.82) is 0 Å². The Morgan fingerprint density at radius 3 is 2.45 bits per heavy atom. The molecule has 0 unspecified atom stereocenters. The lowest BCUT2D eigenvalue weighted by Gasteiger charge is -2.39. The Kier molecular flexibility index (Phi) is 7.14. The molecule has 2 aromatic rings. The average Bonchev–Trinajstić information content (AvgIpc) is 2.68. The van der Waals surface area contributed by atoms with E-state index in [1.54, 1.807) is 12.1 Å². The first-order valence-corrected chi connectivity index (χ1v) is 10.5. The van der Waals surface area contributed by atoms with Gasteiger partial charge in [0, 0.05) is 38.9 Å². The lowest BCUT2D eigenvalue weighted by Crippen LogP contribution is -2.45. The van der Waals surface area contributed by atoms with Crippen molar-refractivity contribution in [3.63, 3.8) is 0 Å². The molecule has 1 heterocycles. The highest BCUT2D eigenvalue weighted by Gasteiger charge is 2.32. The second-order valence-electron chi connectivity index (χ2n) is 8.46. The van der Waals surface area contributed by atoms with Gasteiger partial charge in [0.05, 0.1) is 11.7 Å². The number of halogens is 1. The Hall–Kier alpha value is -2.11. The zero-order chi connectivity index (χ0) is 20.9. The van der Waals surface area contributed by atoms with Gasteiger partial charge in [-0.1, -0.05) is 12.1 Å². The van der Waals surface area contributed by atoms with Crippen LogP contribution in [-0.4, -0.2) is 48.4 Å². The molecule has 0 bridgehead atoms. The molecule has 1 aliphatic heterocycles. The van der Waals surface area contributed by atoms with Gasteiger partial charge >= 0.3 is 0 Å². The standard InChI is InChI=1S/C24H33FN2O2/c1-19(2)29-23-9-7-22(8-10-23)26(3)14-11-24(28)12-15-27(16-13-24)18-20-5-4-6-21(25)17-20/h4-10,17,19,28H,11-16,18H2,1-3H3. The van der Waals surface area contributed by atoms with Crippen molar-refractivity contribution in [1.82, 2.24) is 4.90 Å². The largest absolute Gasteiger partial charge is 0.491 e. The smallest absolute Gasteiger partial charge is 0.123 e. The number of ether oxygens (including phenoxy) is 1. The van der Waals surface area contributed by atoms with E-state index in [-0.39, 0.29) is 11.9 Å². The van der Waals surface area contributed by atoms with E-state index in [9.17, 15) is 9.50 Å². The molecular weight excluding hydrogens is 367 g/mol. The summed E-state index contributed by atoms with van der Waals surface area (Å²) in [4.78, 5) is 4.47. The zero-order valence-electron chi connectivity index (χ0n) is 17.8. The summed E-state index contributed by atoms with van der Waals surface area (Å²) in [5, 5.41) is 11.0. The van der Waals surface area contributed by atoms with Crippen LogP contribution in [-0.2, 0) is 6.54 Å². The lowest BCUT2D eigenvalue weighted by atomic mass is 9.88. The molecule has 1 fully saturated rings. The van der Waals surface area contributed by atoms with Crippen molar-refractivity contribution in [2.75, 3.05) is 31.6 Å². The van der Waals surface area contributed by atoms with Gasteiger partial charge in [-0.3, -0.25) is 4.90 Å². The third kappa shape index (κ3) is 6.44. The Morgan fingerprint density at radius 1 is 1.14 bits per heavy atom. The number of aliphatic hydroxyl groups is 1. The molecule has 1 N–H and O–H groups in total. The van der Waals surface area contributed by atoms with E-state index >= 15 is 0 Å². The number of anilines is 1. The van der Waals surface area contributed by atoms with E-state index in [2.05, 4.69) is 29.0 Å². The van der Waals surface area contributed by atoms with Crippen LogP contribution in [0.1, 0.15) is 38.7 Å². The summed E-state index contributed by atoms with van der Waals surface area (Å²) >= 11 is 0. The number of hydrogen-bond acceptors (Lipinski definition) is 4. The van der Waals surface area contributed by atoms with Crippen molar-refractivity contribution in [2.24, 2.45) is 0 Å². The van der Waals surface area contributed by atoms with Gasteiger partial charge in [0.1, 0.15) is 11.6 Å². The molecule has 158 valence electrons. The molecule has 1 aliphatic rings. The summed E-state index contributed by atoms with van der Waals surface area (Å²) in [6.45, 7) is 7.23. The van der Waals surface area contributed by atoms with E-state index in [0.29, 0.717) is 0 Å². The first-order chi connectivity index (χ1) is 13.8. The van der Waals surface area contributed by atoms with Crippen molar-refractivity contribution in [3.05, 3.63) is 59.9 Å². The zero-order valence-corrected chi connectivity index (χ0v) is 17.8. The van der Waals surface area contributed by atoms with Crippen LogP contribution in [0.2, 0.25) is 0 Å². The fourth-order valence-electron chi connectivity index (χ4n) is 3.83. The van der Waals surface area contributed by atoms with E-state index in [1.165, 1.54) is 6.07 Å². The SMILES string of the molecule is CC(C)Oc1ccc(N(C)CCC2(O)CCN(Cc3cccc(F)c3)CC2)cc1. The molecule has 0 saturated carbocycles. The van der Waals surface area contributed by atoms with Crippen LogP contribution in [0.25, 0.3) is 0 Å². The normalized spacial score (nSPS) is 16.8. The van der Waals surface area contributed by atoms with Crippen molar-refractivity contribution >= 4 is 5.69 Å². The van der Waals surface area contributed by atoms with Gasteiger partial charge in [-0.05, 0) is 75.1 Å². The summed E-state index contributed by atoms with van der Waals surface area (Å²) in [5.74, 6) is 0.685. The highest BCUT2D eigenvalue weighted by Crippen LogP contribution is 2.28. The van der Waals surface area contributed by atoms with Crippen LogP contribution in [0.5, 0.6) is 5.75 Å². The first kappa shape index (κ1) is 21.6. The maximum atomic E-state index is 13.4. The number of nitrogens with zero attached hydrogens (tertiary/aromatic N) is 2. The fourth-order valence-corrected chi connectivity index (χ4v) is 3.83. The molecule has 5 heteroatoms. The minimum absolute atomic E-state index is 0.166. The molecule has 0 radical (unpaired) electrons. The predicted octanol–water partition coefficient (Wildman–Crippen LogP) is 4.47. The third-order valence-corrected chi connectivity index (χ3v) is 5.64. The van der Waals surface area contributed by atoms with Crippen LogP contribution in [0.3, 0.4) is 0 Å². The Morgan fingerprint density at radius 2 is 1.83 bits per heavy atom. The van der Waals surface area contributed by atoms with E-state index in [4.69, 9.17) is 4.74 Å². The summed E-state index contributed by atoms with van der Waals surface area (Å²) < 4.78 is 19.1. The molecule has 0 aromatic heterocycles. The fraction of sp³-hybridized carbons (Fsp3) is 0.500. The van der Waals surface area contributed by atoms with E-state index < -0.39 is 5.60 Å². The van der Waals surface area contributed by atoms with Gasteiger partial charge in [-0.15, -0.1) is 0 Å². The van der Waals surface area contributed by atoms with Crippen molar-refractivity contribution in [3.8, 4) is 5.75 Å². The molecule has 0 aliphatic carbocycles. The minimum Gasteiger partial charge on any atom is -0.491 e. The maximum absolute atomic E-state index is 13.4. The van der Waals surface area contributed by atoms with Gasteiger partial charge in [-0.25, -0.2) is 4.39 Å². The van der Waals surface area contributed by atoms with Gasteiger partial charge in [0.2, 0.25) is 0 Å². The van der Waals surface area contributed by atoms with Gasteiger partial charge in [0.25, 0.3) is 0 Å². The first-order valence-electron chi connectivity index (χ1n) is 10.5. The highest BCUT2D eigenvalue weighted by molar-refractivity contribution is 5.48. The summed E-state index contributed by atoms with van der Waals surface area (Å²) in [6.07, 6.45) is 2.40. The topological polar surface area (TPSA) is 35.9 Å². The van der Waals surface area contributed by atoms with Crippen LogP contribution < -0.4 is 9.64 Å². The molecule has 0 atom stereocenters. The molecule has 1 saturated heterocycles. The number of rotatable bonds is 8. The van der Waals surface area contributed by atoms with Gasteiger partial charge in [-0.2, -0.15) is 0 Å². The molecule has 2 aromatic carbocycles. The van der Waals surface area contributed by atoms with Gasteiger partial charge in [0.15, 0.2) is 0 Å². The molecule has 29 heavy (non-hydrogen) atoms. The van der Waals surface area contributed by atoms with Crippen molar-refractivity contribution in [2.45, 2.75) is 51.4 Å². The number of hydrogen-bond donors (Lipinski definition) is 1. The number of likely N-dealkylation sites (tertiary alicyclic amines) is 1. The Labute approximate surface area is 173 Å². The van der Waals surface area contributed by atoms with Crippen LogP contribution in [0, 0.1) is 5.82 Å². The molecule has 0 spiro atoms. The second kappa shape index (κ2) is 9.59. The number of benzene rings is 2. The summed E-state index contributed by atoms with van der Waals surface area (Å²) in [7, 11) is 2.06. The van der Waals surface area contributed by atoms with Crippen molar-refractivity contribution < 1.29 is 14.2 Å². The maximum Gasteiger partial charge on any atom is 0.123 e. The third-order valence-electron chi connectivity index (χ3n) is 5.64. The van der Waals surface area contributed by atoms with Crippen LogP contribution >= 0.6 is 0 Å². The van der Waals surface area contributed by atoms with E-state index in [0.717, 1.165) is 62.4 Å². The second-order valence-corrected chi connectivity index (χ2v) is 8.46.